The third-order valence-electron chi connectivity index (χ3n) is 5.96. The molecule has 0 bridgehead atoms. The lowest BCUT2D eigenvalue weighted by molar-refractivity contribution is -0.0551. The first kappa shape index (κ1) is 28.6. The highest BCUT2D eigenvalue weighted by Crippen LogP contribution is 2.29. The van der Waals surface area contributed by atoms with E-state index in [-0.39, 0.29) is 16.9 Å². The van der Waals surface area contributed by atoms with E-state index < -0.39 is 85.8 Å². The molecule has 0 radical (unpaired) electrons. The van der Waals surface area contributed by atoms with Gasteiger partial charge in [-0.1, -0.05) is 0 Å². The van der Waals surface area contributed by atoms with Gasteiger partial charge in [0.05, 0.1) is 19.8 Å². The minimum absolute atomic E-state index is 0.115. The zero-order valence-electron chi connectivity index (χ0n) is 19.5. The minimum atomic E-state index is -1.40. The molecule has 17 nitrogen and oxygen atoms in total. The molecule has 2 saturated heterocycles. The molecular weight excluding hydrogens is 502 g/mol. The standard InChI is InChI=1S/C10H15N3O6.C10H14N2O6/c11-8-4(2-14)1-13(10(18)12-8)9-7(17)6(16)5(3-15)19-9;1-4-2-12(10(17)11-8(4)16)9-7(15)6(14)5(3-13)18-9/h1,5-7,9,14-17H,2-3H2,(H2,11,12,18);2,5-7,9,13-15H,3H2,1H3,(H,11,16,17)/t2*5-,6-,7-,9-/m11/s1. The number of aryl methyl sites for hydroxylation is 1. The summed E-state index contributed by atoms with van der Waals surface area (Å²) in [7, 11) is 0. The summed E-state index contributed by atoms with van der Waals surface area (Å²) in [4.78, 5) is 40.1. The fourth-order valence-corrected chi connectivity index (χ4v) is 3.82. The molecule has 0 unspecified atom stereocenters. The molecule has 4 rings (SSSR count). The van der Waals surface area contributed by atoms with Gasteiger partial charge < -0.3 is 51.0 Å². The van der Waals surface area contributed by atoms with Crippen LogP contribution in [-0.4, -0.2) is 105 Å². The molecule has 2 fully saturated rings. The van der Waals surface area contributed by atoms with Gasteiger partial charge in [0.25, 0.3) is 5.56 Å². The number of aliphatic hydroxyl groups is 7. The summed E-state index contributed by atoms with van der Waals surface area (Å²) in [6.45, 7) is 0.0779. The van der Waals surface area contributed by atoms with Crippen LogP contribution in [0.4, 0.5) is 5.82 Å². The molecule has 0 aromatic carbocycles. The van der Waals surface area contributed by atoms with Gasteiger partial charge in [0, 0.05) is 23.5 Å². The fraction of sp³-hybridized carbons (Fsp3) is 0.600. The number of rotatable bonds is 5. The second-order valence-corrected chi connectivity index (χ2v) is 8.44. The predicted octanol–water partition coefficient (Wildman–Crippen LogP) is -5.61. The van der Waals surface area contributed by atoms with Crippen LogP contribution in [0.2, 0.25) is 0 Å². The summed E-state index contributed by atoms with van der Waals surface area (Å²) >= 11 is 0. The molecule has 0 spiro atoms. The van der Waals surface area contributed by atoms with Crippen molar-refractivity contribution in [2.24, 2.45) is 0 Å². The zero-order valence-corrected chi connectivity index (χ0v) is 19.5. The quantitative estimate of drug-likeness (QED) is 0.174. The fourth-order valence-electron chi connectivity index (χ4n) is 3.82. The maximum Gasteiger partial charge on any atom is 0.351 e. The Kier molecular flexibility index (Phi) is 8.95. The Labute approximate surface area is 207 Å². The van der Waals surface area contributed by atoms with Gasteiger partial charge in [-0.3, -0.25) is 18.9 Å². The average Bonchev–Trinajstić information content (AvgIpc) is 3.31. The van der Waals surface area contributed by atoms with Crippen molar-refractivity contribution in [3.05, 3.63) is 54.8 Å². The molecule has 37 heavy (non-hydrogen) atoms. The normalized spacial score (nSPS) is 31.2. The average molecular weight is 531 g/mol. The van der Waals surface area contributed by atoms with Crippen LogP contribution in [-0.2, 0) is 16.1 Å². The lowest BCUT2D eigenvalue weighted by Crippen LogP contribution is -2.38. The third kappa shape index (κ3) is 5.64. The lowest BCUT2D eigenvalue weighted by atomic mass is 10.1. The number of nitrogens with zero attached hydrogens (tertiary/aromatic N) is 3. The van der Waals surface area contributed by atoms with E-state index in [0.29, 0.717) is 0 Å². The Balaban J connectivity index is 0.000000206. The van der Waals surface area contributed by atoms with Crippen LogP contribution >= 0.6 is 0 Å². The number of aromatic nitrogens is 4. The number of hydrogen-bond acceptors (Lipinski definition) is 14. The topological polar surface area (TPSA) is 276 Å². The smallest absolute Gasteiger partial charge is 0.351 e. The van der Waals surface area contributed by atoms with Gasteiger partial charge in [-0.25, -0.2) is 9.59 Å². The van der Waals surface area contributed by atoms with Gasteiger partial charge in [0.1, 0.15) is 42.4 Å². The summed E-state index contributed by atoms with van der Waals surface area (Å²) < 4.78 is 12.3. The summed E-state index contributed by atoms with van der Waals surface area (Å²) in [6, 6.07) is 0. The van der Waals surface area contributed by atoms with E-state index in [2.05, 4.69) is 9.97 Å². The van der Waals surface area contributed by atoms with Gasteiger partial charge in [-0.05, 0) is 6.92 Å². The lowest BCUT2D eigenvalue weighted by Gasteiger charge is -2.18. The Hall–Kier alpha value is -3.00. The van der Waals surface area contributed by atoms with Crippen LogP contribution in [0.1, 0.15) is 23.6 Å². The van der Waals surface area contributed by atoms with E-state index in [0.717, 1.165) is 9.13 Å². The summed E-state index contributed by atoms with van der Waals surface area (Å²) in [6.07, 6.45) is -7.23. The predicted molar refractivity (Wildman–Crippen MR) is 121 cm³/mol. The van der Waals surface area contributed by atoms with Gasteiger partial charge in [0.2, 0.25) is 0 Å². The van der Waals surface area contributed by atoms with Gasteiger partial charge >= 0.3 is 11.4 Å². The molecule has 0 aliphatic carbocycles. The third-order valence-corrected chi connectivity index (χ3v) is 5.96. The number of hydrogen-bond donors (Lipinski definition) is 9. The summed E-state index contributed by atoms with van der Waals surface area (Å²) in [5.74, 6) is -0.115. The Bertz CT molecular complexity index is 1260. The van der Waals surface area contributed by atoms with Crippen LogP contribution in [0, 0.1) is 6.92 Å². The zero-order chi connectivity index (χ0) is 27.6. The Morgan fingerprint density at radius 3 is 1.86 bits per heavy atom. The number of nitrogens with two attached hydrogens (primary N) is 1. The van der Waals surface area contributed by atoms with Crippen molar-refractivity contribution in [1.29, 1.82) is 0 Å². The number of H-pyrrole nitrogens is 1. The highest BCUT2D eigenvalue weighted by Gasteiger charge is 2.44. The van der Waals surface area contributed by atoms with Crippen LogP contribution < -0.4 is 22.7 Å². The van der Waals surface area contributed by atoms with Crippen molar-refractivity contribution in [2.45, 2.75) is 62.6 Å². The van der Waals surface area contributed by atoms with E-state index in [4.69, 9.17) is 30.5 Å². The van der Waals surface area contributed by atoms with E-state index in [9.17, 15) is 34.8 Å². The van der Waals surface area contributed by atoms with E-state index in [1.807, 2.05) is 0 Å². The Morgan fingerprint density at radius 2 is 1.41 bits per heavy atom. The SMILES string of the molecule is Cc1cn([C@@H]2O[C@H](CO)[C@@H](O)[C@H]2O)c(=O)[nH]c1=O.Nc1nc(=O)n([C@@H]2O[C@H](CO)[C@@H](O)[C@H]2O)cc1CO. The number of aliphatic hydroxyl groups excluding tert-OH is 7. The number of anilines is 1. The van der Waals surface area contributed by atoms with Crippen LogP contribution in [0.5, 0.6) is 0 Å². The molecule has 10 N–H and O–H groups in total. The molecule has 4 heterocycles. The number of ether oxygens (including phenoxy) is 2. The van der Waals surface area contributed by atoms with Crippen molar-refractivity contribution in [1.82, 2.24) is 19.1 Å². The molecular formula is C20H29N5O12. The van der Waals surface area contributed by atoms with E-state index >= 15 is 0 Å². The van der Waals surface area contributed by atoms with Gasteiger partial charge in [-0.15, -0.1) is 0 Å². The number of nitrogen functional groups attached to an aromatic ring is 1. The monoisotopic (exact) mass is 531 g/mol. The molecule has 0 amide bonds. The minimum Gasteiger partial charge on any atom is -0.394 e. The second-order valence-electron chi connectivity index (χ2n) is 8.44. The van der Waals surface area contributed by atoms with Crippen molar-refractivity contribution < 1.29 is 45.2 Å². The molecule has 0 saturated carbocycles. The van der Waals surface area contributed by atoms with Gasteiger partial charge in [-0.2, -0.15) is 4.98 Å². The molecule has 2 aromatic rings. The maximum atomic E-state index is 11.7. The van der Waals surface area contributed by atoms with Crippen molar-refractivity contribution >= 4 is 5.82 Å². The largest absolute Gasteiger partial charge is 0.394 e. The molecule has 17 heteroatoms. The first-order chi connectivity index (χ1) is 17.4. The Morgan fingerprint density at radius 1 is 0.892 bits per heavy atom. The van der Waals surface area contributed by atoms with Gasteiger partial charge in [0.15, 0.2) is 12.5 Å². The van der Waals surface area contributed by atoms with E-state index in [1.165, 1.54) is 19.3 Å². The first-order valence-electron chi connectivity index (χ1n) is 11.0. The van der Waals surface area contributed by atoms with Crippen LogP contribution in [0.25, 0.3) is 0 Å². The van der Waals surface area contributed by atoms with Crippen molar-refractivity contribution in [3.8, 4) is 0 Å². The molecule has 8 atom stereocenters. The summed E-state index contributed by atoms with van der Waals surface area (Å²) in [5.41, 5.74) is 3.84. The first-order valence-corrected chi connectivity index (χ1v) is 11.0. The second kappa shape index (κ2) is 11.6. The highest BCUT2D eigenvalue weighted by molar-refractivity contribution is 5.36. The molecule has 2 aliphatic heterocycles. The van der Waals surface area contributed by atoms with E-state index in [1.54, 1.807) is 0 Å². The van der Waals surface area contributed by atoms with Crippen LogP contribution in [0.15, 0.2) is 26.8 Å². The number of nitrogens with one attached hydrogen (secondary N) is 1. The highest BCUT2D eigenvalue weighted by atomic mass is 16.6. The number of aromatic amines is 1. The summed E-state index contributed by atoms with van der Waals surface area (Å²) in [5, 5.41) is 65.7. The van der Waals surface area contributed by atoms with Crippen molar-refractivity contribution in [3.63, 3.8) is 0 Å². The van der Waals surface area contributed by atoms with Crippen LogP contribution in [0.3, 0.4) is 0 Å². The maximum absolute atomic E-state index is 11.7. The molecule has 2 aliphatic rings. The molecule has 2 aromatic heterocycles. The van der Waals surface area contributed by atoms with Crippen molar-refractivity contribution in [2.75, 3.05) is 18.9 Å². The molecule has 206 valence electrons.